The minimum Gasteiger partial charge on any atom is -0.504 e. The van der Waals surface area contributed by atoms with Crippen molar-refractivity contribution in [2.24, 2.45) is 0 Å². The number of hydrogen-bond acceptors (Lipinski definition) is 4. The summed E-state index contributed by atoms with van der Waals surface area (Å²) in [6.45, 7) is 5.64. The molecule has 1 saturated heterocycles. The van der Waals surface area contributed by atoms with Crippen LogP contribution in [0, 0.1) is 6.92 Å². The Balaban J connectivity index is 1.44. The van der Waals surface area contributed by atoms with E-state index in [9.17, 15) is 15.0 Å². The maximum Gasteiger partial charge on any atom is 0.254 e. The molecule has 0 atom stereocenters. The Hall–Kier alpha value is -3.05. The van der Waals surface area contributed by atoms with Crippen molar-refractivity contribution in [1.29, 1.82) is 0 Å². The van der Waals surface area contributed by atoms with Crippen molar-refractivity contribution in [2.45, 2.75) is 13.5 Å². The number of benzene rings is 3. The highest BCUT2D eigenvalue weighted by atomic mass is 16.3. The van der Waals surface area contributed by atoms with Crippen LogP contribution in [0.15, 0.2) is 54.6 Å². The average molecular weight is 376 g/mol. The summed E-state index contributed by atoms with van der Waals surface area (Å²) in [4.78, 5) is 17.3. The molecule has 2 N–H and O–H groups in total. The smallest absolute Gasteiger partial charge is 0.254 e. The Labute approximate surface area is 164 Å². The maximum atomic E-state index is 13.1. The van der Waals surface area contributed by atoms with Gasteiger partial charge in [-0.05, 0) is 47.0 Å². The number of carbonyl (C=O) groups is 1. The molecule has 5 heteroatoms. The first kappa shape index (κ1) is 18.3. The zero-order valence-electron chi connectivity index (χ0n) is 15.9. The number of phenolic OH excluding ortho intramolecular Hbond substituents is 2. The quantitative estimate of drug-likeness (QED) is 0.687. The lowest BCUT2D eigenvalue weighted by Gasteiger charge is -2.35. The molecule has 0 spiro atoms. The Kier molecular flexibility index (Phi) is 4.92. The third kappa shape index (κ3) is 3.53. The number of amides is 1. The lowest BCUT2D eigenvalue weighted by atomic mass is 9.99. The summed E-state index contributed by atoms with van der Waals surface area (Å²) in [5.74, 6) is -0.125. The lowest BCUT2D eigenvalue weighted by molar-refractivity contribution is 0.0630. The highest BCUT2D eigenvalue weighted by Gasteiger charge is 2.23. The first-order valence-electron chi connectivity index (χ1n) is 9.54. The fraction of sp³-hybridized carbons (Fsp3) is 0.261. The van der Waals surface area contributed by atoms with Gasteiger partial charge in [0.15, 0.2) is 11.5 Å². The van der Waals surface area contributed by atoms with Crippen molar-refractivity contribution < 1.29 is 15.0 Å². The molecule has 28 heavy (non-hydrogen) atoms. The largest absolute Gasteiger partial charge is 0.504 e. The molecule has 0 bridgehead atoms. The standard InChI is InChI=1S/C23H24N2O3/c1-16-6-8-20(19-5-3-2-4-18(16)19)23(28)25-12-10-24(11-13-25)15-17-7-9-21(26)22(27)14-17/h2-9,14,26-27H,10-13,15H2,1H3. The summed E-state index contributed by atoms with van der Waals surface area (Å²) in [5, 5.41) is 21.2. The molecule has 144 valence electrons. The van der Waals surface area contributed by atoms with Crippen molar-refractivity contribution in [3.63, 3.8) is 0 Å². The van der Waals surface area contributed by atoms with Gasteiger partial charge >= 0.3 is 0 Å². The van der Waals surface area contributed by atoms with Gasteiger partial charge in [-0.3, -0.25) is 9.69 Å². The Morgan fingerprint density at radius 2 is 1.61 bits per heavy atom. The molecule has 1 heterocycles. The predicted molar refractivity (Wildman–Crippen MR) is 110 cm³/mol. The fourth-order valence-corrected chi connectivity index (χ4v) is 3.84. The highest BCUT2D eigenvalue weighted by Crippen LogP contribution is 2.26. The number of rotatable bonds is 3. The first-order valence-corrected chi connectivity index (χ1v) is 9.54. The second kappa shape index (κ2) is 7.52. The van der Waals surface area contributed by atoms with E-state index in [-0.39, 0.29) is 17.4 Å². The third-order valence-electron chi connectivity index (χ3n) is 5.48. The van der Waals surface area contributed by atoms with E-state index in [1.165, 1.54) is 11.6 Å². The van der Waals surface area contributed by atoms with Gasteiger partial charge in [0.25, 0.3) is 5.91 Å². The van der Waals surface area contributed by atoms with Crippen LogP contribution in [-0.4, -0.2) is 52.1 Å². The van der Waals surface area contributed by atoms with Crippen LogP contribution < -0.4 is 0 Å². The number of fused-ring (bicyclic) bond motifs is 1. The van der Waals surface area contributed by atoms with Gasteiger partial charge in [0, 0.05) is 38.3 Å². The molecular formula is C23H24N2O3. The van der Waals surface area contributed by atoms with Gasteiger partial charge in [-0.1, -0.05) is 36.4 Å². The normalized spacial score (nSPS) is 15.1. The van der Waals surface area contributed by atoms with Crippen LogP contribution >= 0.6 is 0 Å². The van der Waals surface area contributed by atoms with Gasteiger partial charge in [0.05, 0.1) is 0 Å². The van der Waals surface area contributed by atoms with Gasteiger partial charge in [0.2, 0.25) is 0 Å². The van der Waals surface area contributed by atoms with Crippen molar-refractivity contribution in [3.8, 4) is 11.5 Å². The average Bonchev–Trinajstić information content (AvgIpc) is 2.71. The molecule has 0 unspecified atom stereocenters. The monoisotopic (exact) mass is 376 g/mol. The molecular weight excluding hydrogens is 352 g/mol. The minimum atomic E-state index is -0.107. The molecule has 0 aromatic heterocycles. The van der Waals surface area contributed by atoms with E-state index in [0.717, 1.165) is 35.0 Å². The highest BCUT2D eigenvalue weighted by molar-refractivity contribution is 6.07. The minimum absolute atomic E-state index is 0.0816. The maximum absolute atomic E-state index is 13.1. The van der Waals surface area contributed by atoms with Gasteiger partial charge in [0.1, 0.15) is 0 Å². The summed E-state index contributed by atoms with van der Waals surface area (Å²) < 4.78 is 0. The summed E-state index contributed by atoms with van der Waals surface area (Å²) in [6.07, 6.45) is 0. The molecule has 1 fully saturated rings. The Morgan fingerprint density at radius 1 is 0.893 bits per heavy atom. The fourth-order valence-electron chi connectivity index (χ4n) is 3.84. The van der Waals surface area contributed by atoms with Crippen LogP contribution in [-0.2, 0) is 6.54 Å². The lowest BCUT2D eigenvalue weighted by Crippen LogP contribution is -2.48. The number of aromatic hydroxyl groups is 2. The summed E-state index contributed by atoms with van der Waals surface area (Å²) >= 11 is 0. The van der Waals surface area contributed by atoms with Crippen LogP contribution in [0.3, 0.4) is 0 Å². The summed E-state index contributed by atoms with van der Waals surface area (Å²) in [6, 6.07) is 16.9. The van der Waals surface area contributed by atoms with Gasteiger partial charge in [-0.15, -0.1) is 0 Å². The van der Waals surface area contributed by atoms with E-state index in [2.05, 4.69) is 17.9 Å². The zero-order chi connectivity index (χ0) is 19.7. The van der Waals surface area contributed by atoms with Crippen molar-refractivity contribution in [1.82, 2.24) is 9.80 Å². The Morgan fingerprint density at radius 3 is 2.32 bits per heavy atom. The van der Waals surface area contributed by atoms with E-state index in [0.29, 0.717) is 19.6 Å². The Bertz CT molecular complexity index is 1020. The van der Waals surface area contributed by atoms with E-state index >= 15 is 0 Å². The van der Waals surface area contributed by atoms with Crippen LogP contribution in [0.25, 0.3) is 10.8 Å². The summed E-state index contributed by atoms with van der Waals surface area (Å²) in [5.41, 5.74) is 2.88. The molecule has 3 aromatic carbocycles. The first-order chi connectivity index (χ1) is 13.5. The number of hydrogen-bond donors (Lipinski definition) is 2. The number of piperazine rings is 1. The van der Waals surface area contributed by atoms with Crippen molar-refractivity contribution >= 4 is 16.7 Å². The third-order valence-corrected chi connectivity index (χ3v) is 5.48. The van der Waals surface area contributed by atoms with Crippen LogP contribution in [0.2, 0.25) is 0 Å². The predicted octanol–water partition coefficient (Wildman–Crippen LogP) is 3.52. The number of carbonyl (C=O) groups excluding carboxylic acids is 1. The van der Waals surface area contributed by atoms with Crippen molar-refractivity contribution in [2.75, 3.05) is 26.2 Å². The van der Waals surface area contributed by atoms with Crippen molar-refractivity contribution in [3.05, 3.63) is 71.3 Å². The number of phenols is 2. The van der Waals surface area contributed by atoms with E-state index < -0.39 is 0 Å². The van der Waals surface area contributed by atoms with Gasteiger partial charge in [-0.2, -0.15) is 0 Å². The van der Waals surface area contributed by atoms with Crippen LogP contribution in [0.1, 0.15) is 21.5 Å². The zero-order valence-corrected chi connectivity index (χ0v) is 15.9. The molecule has 0 radical (unpaired) electrons. The van der Waals surface area contributed by atoms with Gasteiger partial charge in [-0.25, -0.2) is 0 Å². The molecule has 1 amide bonds. The summed E-state index contributed by atoms with van der Waals surface area (Å²) in [7, 11) is 0. The number of nitrogens with zero attached hydrogens (tertiary/aromatic N) is 2. The second-order valence-electron chi connectivity index (χ2n) is 7.37. The molecule has 0 saturated carbocycles. The molecule has 5 nitrogen and oxygen atoms in total. The van der Waals surface area contributed by atoms with Gasteiger partial charge < -0.3 is 15.1 Å². The SMILES string of the molecule is Cc1ccc(C(=O)N2CCN(Cc3ccc(O)c(O)c3)CC2)c2ccccc12. The molecule has 0 aliphatic carbocycles. The molecule has 1 aliphatic rings. The molecule has 4 rings (SSSR count). The molecule has 1 aliphatic heterocycles. The van der Waals surface area contributed by atoms with E-state index in [1.54, 1.807) is 6.07 Å². The topological polar surface area (TPSA) is 64.0 Å². The van der Waals surface area contributed by atoms with Crippen LogP contribution in [0.5, 0.6) is 11.5 Å². The van der Waals surface area contributed by atoms with E-state index in [4.69, 9.17) is 0 Å². The van der Waals surface area contributed by atoms with E-state index in [1.807, 2.05) is 41.3 Å². The van der Waals surface area contributed by atoms with Crippen LogP contribution in [0.4, 0.5) is 0 Å². The second-order valence-corrected chi connectivity index (χ2v) is 7.37. The molecule has 3 aromatic rings. The number of aryl methyl sites for hydroxylation is 1.